The fourth-order valence-electron chi connectivity index (χ4n) is 4.30. The molecule has 0 aromatic heterocycles. The molecule has 0 aliphatic carbocycles. The molecule has 2 heterocycles. The highest BCUT2D eigenvalue weighted by Gasteiger charge is 2.50. The average molecular weight is 377 g/mol. The van der Waals surface area contributed by atoms with Crippen molar-refractivity contribution in [1.82, 2.24) is 20.4 Å². The molecule has 1 atom stereocenters. The molecule has 2 N–H and O–H groups in total. The first-order valence-electron chi connectivity index (χ1n) is 10.3. The number of amides is 2. The Morgan fingerprint density at radius 2 is 2.07 bits per heavy atom. The number of piperidine rings is 1. The maximum Gasteiger partial charge on any atom is 0.246 e. The molecule has 2 amide bonds. The number of carbonyl (C=O) groups is 2. The van der Waals surface area contributed by atoms with Crippen molar-refractivity contribution in [3.8, 4) is 0 Å². The molecule has 0 unspecified atom stereocenters. The van der Waals surface area contributed by atoms with Gasteiger partial charge in [0.1, 0.15) is 5.54 Å². The summed E-state index contributed by atoms with van der Waals surface area (Å²) in [4.78, 5) is 28.8. The number of hydrogen-bond donors (Lipinski definition) is 2. The summed E-state index contributed by atoms with van der Waals surface area (Å²) in [5.74, 6) is 0.165. The summed E-state index contributed by atoms with van der Waals surface area (Å²) in [6.45, 7) is 16.1. The molecule has 6 heteroatoms. The van der Waals surface area contributed by atoms with Crippen molar-refractivity contribution >= 4 is 11.8 Å². The molecule has 2 rings (SSSR count). The van der Waals surface area contributed by atoms with Gasteiger partial charge in [-0.3, -0.25) is 14.5 Å². The number of nitrogens with one attached hydrogen (secondary N) is 2. The van der Waals surface area contributed by atoms with Crippen LogP contribution in [0.2, 0.25) is 0 Å². The van der Waals surface area contributed by atoms with Crippen LogP contribution in [-0.4, -0.2) is 65.9 Å². The van der Waals surface area contributed by atoms with E-state index in [0.29, 0.717) is 6.54 Å². The van der Waals surface area contributed by atoms with Crippen LogP contribution in [0.4, 0.5) is 0 Å². The van der Waals surface area contributed by atoms with Crippen LogP contribution in [0, 0.1) is 0 Å². The van der Waals surface area contributed by atoms with Crippen molar-refractivity contribution in [1.29, 1.82) is 0 Å². The van der Waals surface area contributed by atoms with Gasteiger partial charge >= 0.3 is 0 Å². The van der Waals surface area contributed by atoms with E-state index in [2.05, 4.69) is 40.5 Å². The lowest BCUT2D eigenvalue weighted by atomic mass is 9.80. The number of nitrogens with zero attached hydrogens (tertiary/aromatic N) is 2. The number of hydrogen-bond acceptors (Lipinski definition) is 4. The third kappa shape index (κ3) is 5.12. The number of piperazine rings is 1. The zero-order valence-electron chi connectivity index (χ0n) is 17.1. The molecular formula is C21H36N4O2. The highest BCUT2D eigenvalue weighted by atomic mass is 16.2. The molecule has 0 aromatic carbocycles. The van der Waals surface area contributed by atoms with Crippen LogP contribution >= 0.6 is 0 Å². The van der Waals surface area contributed by atoms with Crippen LogP contribution in [0.5, 0.6) is 0 Å². The minimum Gasteiger partial charge on any atom is -0.359 e. The van der Waals surface area contributed by atoms with Gasteiger partial charge in [-0.2, -0.15) is 0 Å². The van der Waals surface area contributed by atoms with E-state index in [-0.39, 0.29) is 17.9 Å². The molecule has 0 aromatic rings. The maximum absolute atomic E-state index is 13.2. The maximum atomic E-state index is 13.2. The lowest BCUT2D eigenvalue weighted by molar-refractivity contribution is -0.140. The van der Waals surface area contributed by atoms with Crippen LogP contribution in [0.25, 0.3) is 0 Å². The molecule has 152 valence electrons. The Labute approximate surface area is 164 Å². The van der Waals surface area contributed by atoms with E-state index in [0.717, 1.165) is 70.4 Å². The van der Waals surface area contributed by atoms with Crippen LogP contribution in [0.3, 0.4) is 0 Å². The third-order valence-corrected chi connectivity index (χ3v) is 5.80. The van der Waals surface area contributed by atoms with E-state index in [1.807, 2.05) is 6.08 Å². The zero-order valence-corrected chi connectivity index (χ0v) is 17.1. The molecule has 1 spiro atoms. The first-order chi connectivity index (χ1) is 12.9. The smallest absolute Gasteiger partial charge is 0.246 e. The molecule has 2 saturated heterocycles. The molecule has 0 radical (unpaired) electrons. The van der Waals surface area contributed by atoms with Crippen molar-refractivity contribution < 1.29 is 9.59 Å². The lowest BCUT2D eigenvalue weighted by Gasteiger charge is -2.54. The monoisotopic (exact) mass is 376 g/mol. The van der Waals surface area contributed by atoms with Crippen molar-refractivity contribution in [3.05, 3.63) is 24.9 Å². The molecule has 6 nitrogen and oxygen atoms in total. The van der Waals surface area contributed by atoms with E-state index in [4.69, 9.17) is 0 Å². The second-order valence-corrected chi connectivity index (χ2v) is 7.77. The van der Waals surface area contributed by atoms with E-state index in [9.17, 15) is 9.59 Å². The first kappa shape index (κ1) is 21.5. The minimum atomic E-state index is -0.447. The minimum absolute atomic E-state index is 0.00166. The molecule has 0 bridgehead atoms. The summed E-state index contributed by atoms with van der Waals surface area (Å²) in [6.07, 6.45) is 7.32. The van der Waals surface area contributed by atoms with Gasteiger partial charge in [0.2, 0.25) is 11.8 Å². The van der Waals surface area contributed by atoms with Crippen molar-refractivity contribution in [3.63, 3.8) is 0 Å². The highest BCUT2D eigenvalue weighted by Crippen LogP contribution is 2.37. The van der Waals surface area contributed by atoms with Crippen LogP contribution in [0.15, 0.2) is 24.9 Å². The summed E-state index contributed by atoms with van der Waals surface area (Å²) in [5, 5.41) is 6.08. The SMILES string of the molecule is C=CCN1CCC2(CC1)C(=O)N[C@@H](CCCCNC(C)=O)C(=C)N2CCC. The predicted molar refractivity (Wildman–Crippen MR) is 109 cm³/mol. The van der Waals surface area contributed by atoms with Crippen LogP contribution < -0.4 is 10.6 Å². The van der Waals surface area contributed by atoms with Crippen molar-refractivity contribution in [2.45, 2.75) is 64.0 Å². The fraction of sp³-hybridized carbons (Fsp3) is 0.714. The Morgan fingerprint density at radius 3 is 2.67 bits per heavy atom. The summed E-state index contributed by atoms with van der Waals surface area (Å²) in [6, 6.07) is -0.00166. The zero-order chi connectivity index (χ0) is 19.9. The summed E-state index contributed by atoms with van der Waals surface area (Å²) in [5.41, 5.74) is 0.602. The molecule has 0 saturated carbocycles. The second-order valence-electron chi connectivity index (χ2n) is 7.77. The number of likely N-dealkylation sites (tertiary alicyclic amines) is 1. The number of carbonyl (C=O) groups excluding carboxylic acids is 2. The van der Waals surface area contributed by atoms with Gasteiger partial charge in [0.25, 0.3) is 0 Å². The summed E-state index contributed by atoms with van der Waals surface area (Å²) >= 11 is 0. The van der Waals surface area contributed by atoms with Gasteiger partial charge in [0.05, 0.1) is 6.04 Å². The van der Waals surface area contributed by atoms with Crippen molar-refractivity contribution in [2.24, 2.45) is 0 Å². The first-order valence-corrected chi connectivity index (χ1v) is 10.3. The van der Waals surface area contributed by atoms with Gasteiger partial charge < -0.3 is 15.5 Å². The molecular weight excluding hydrogens is 340 g/mol. The third-order valence-electron chi connectivity index (χ3n) is 5.80. The molecule has 2 aliphatic rings. The standard InChI is InChI=1S/C21H36N4O2/c1-5-13-24-15-10-21(11-16-24)20(27)23-19(17(3)25(21)14-6-2)9-7-8-12-22-18(4)26/h5,19H,1,3,6-16H2,2,4H3,(H,22,26)(H,23,27)/t19-/m0/s1. The quantitative estimate of drug-likeness (QED) is 0.477. The van der Waals surface area contributed by atoms with E-state index in [1.165, 1.54) is 6.92 Å². The van der Waals surface area contributed by atoms with Gasteiger partial charge in [0.15, 0.2) is 0 Å². The topological polar surface area (TPSA) is 64.7 Å². The Kier molecular flexibility index (Phi) is 7.90. The van der Waals surface area contributed by atoms with Gasteiger partial charge in [-0.25, -0.2) is 0 Å². The second kappa shape index (κ2) is 9.93. The number of unbranched alkanes of at least 4 members (excludes halogenated alkanes) is 1. The molecule has 2 fully saturated rings. The molecule has 2 aliphatic heterocycles. The van der Waals surface area contributed by atoms with Crippen LogP contribution in [0.1, 0.15) is 52.4 Å². The van der Waals surface area contributed by atoms with Crippen molar-refractivity contribution in [2.75, 3.05) is 32.7 Å². The lowest BCUT2D eigenvalue weighted by Crippen LogP contribution is -2.69. The largest absolute Gasteiger partial charge is 0.359 e. The normalized spacial score (nSPS) is 22.6. The average Bonchev–Trinajstić information content (AvgIpc) is 2.64. The van der Waals surface area contributed by atoms with Gasteiger partial charge in [-0.15, -0.1) is 6.58 Å². The van der Waals surface area contributed by atoms with Gasteiger partial charge in [-0.1, -0.05) is 19.6 Å². The summed E-state index contributed by atoms with van der Waals surface area (Å²) in [7, 11) is 0. The predicted octanol–water partition coefficient (Wildman–Crippen LogP) is 2.04. The Balaban J connectivity index is 1.99. The summed E-state index contributed by atoms with van der Waals surface area (Å²) < 4.78 is 0. The van der Waals surface area contributed by atoms with E-state index < -0.39 is 5.54 Å². The molecule has 27 heavy (non-hydrogen) atoms. The fourth-order valence-corrected chi connectivity index (χ4v) is 4.30. The van der Waals surface area contributed by atoms with Gasteiger partial charge in [-0.05, 0) is 38.5 Å². The Hall–Kier alpha value is -1.82. The van der Waals surface area contributed by atoms with Crippen LogP contribution in [-0.2, 0) is 9.59 Å². The highest BCUT2D eigenvalue weighted by molar-refractivity contribution is 5.88. The van der Waals surface area contributed by atoms with E-state index >= 15 is 0 Å². The van der Waals surface area contributed by atoms with E-state index in [1.54, 1.807) is 0 Å². The number of rotatable bonds is 9. The Morgan fingerprint density at radius 1 is 1.37 bits per heavy atom. The Bertz CT molecular complexity index is 552. The van der Waals surface area contributed by atoms with Gasteiger partial charge in [0, 0.05) is 45.3 Å².